The Balaban J connectivity index is 2.73. The number of rotatable bonds is 9. The predicted octanol–water partition coefficient (Wildman–Crippen LogP) is 4.03. The Hall–Kier alpha value is 0.217. The van der Waals surface area contributed by atoms with E-state index in [1.807, 2.05) is 0 Å². The molecule has 12 heavy (non-hydrogen) atoms. The van der Waals surface area contributed by atoms with Crippen molar-refractivity contribution >= 4 is 9.52 Å². The first-order valence-electron chi connectivity index (χ1n) is 5.69. The van der Waals surface area contributed by atoms with Gasteiger partial charge < -0.3 is 0 Å². The molecule has 0 spiro atoms. The number of hydrogen-bond acceptors (Lipinski definition) is 0. The van der Waals surface area contributed by atoms with Crippen LogP contribution in [0, 0.1) is 0 Å². The van der Waals surface area contributed by atoms with E-state index < -0.39 is 0 Å². The van der Waals surface area contributed by atoms with Crippen LogP contribution in [0.2, 0.25) is 12.6 Å². The molecule has 73 valence electrons. The minimum Gasteiger partial charge on any atom is -0.0741 e. The Morgan fingerprint density at radius 3 is 1.75 bits per heavy atom. The highest BCUT2D eigenvalue weighted by atomic mass is 28.2. The van der Waals surface area contributed by atoms with Gasteiger partial charge in [-0.3, -0.25) is 0 Å². The van der Waals surface area contributed by atoms with E-state index in [-0.39, 0.29) is 0 Å². The molecule has 1 heteroatoms. The quantitative estimate of drug-likeness (QED) is 0.376. The lowest BCUT2D eigenvalue weighted by Gasteiger charge is -1.99. The maximum absolute atomic E-state index is 2.36. The zero-order valence-corrected chi connectivity index (χ0v) is 10.1. The van der Waals surface area contributed by atoms with E-state index in [9.17, 15) is 0 Å². The third-order valence-electron chi connectivity index (χ3n) is 2.35. The molecule has 0 aromatic heterocycles. The van der Waals surface area contributed by atoms with E-state index in [0.29, 0.717) is 0 Å². The molecule has 0 aliphatic carbocycles. The van der Waals surface area contributed by atoms with Crippen LogP contribution in [0.5, 0.6) is 0 Å². The van der Waals surface area contributed by atoms with E-state index in [0.717, 1.165) is 9.52 Å². The molecule has 0 saturated carbocycles. The highest BCUT2D eigenvalue weighted by Gasteiger charge is 1.90. The molecule has 0 fully saturated rings. The summed E-state index contributed by atoms with van der Waals surface area (Å²) in [6.45, 7) is 4.64. The van der Waals surface area contributed by atoms with Gasteiger partial charge in [0.15, 0.2) is 0 Å². The van der Waals surface area contributed by atoms with Crippen molar-refractivity contribution in [2.45, 2.75) is 70.9 Å². The predicted molar refractivity (Wildman–Crippen MR) is 60.4 cm³/mol. The van der Waals surface area contributed by atoms with Crippen LogP contribution in [0.25, 0.3) is 0 Å². The zero-order valence-electron chi connectivity index (χ0n) is 8.94. The van der Waals surface area contributed by atoms with Crippen molar-refractivity contribution in [3.8, 4) is 0 Å². The van der Waals surface area contributed by atoms with E-state index in [4.69, 9.17) is 0 Å². The van der Waals surface area contributed by atoms with Crippen LogP contribution < -0.4 is 0 Å². The lowest BCUT2D eigenvalue weighted by atomic mass is 10.1. The van der Waals surface area contributed by atoms with Crippen LogP contribution in [0.3, 0.4) is 0 Å². The summed E-state index contributed by atoms with van der Waals surface area (Å²) in [7, 11) is 0.768. The van der Waals surface area contributed by atoms with Crippen molar-refractivity contribution < 1.29 is 0 Å². The molecule has 0 amide bonds. The van der Waals surface area contributed by atoms with Crippen molar-refractivity contribution in [3.63, 3.8) is 0 Å². The van der Waals surface area contributed by atoms with Gasteiger partial charge in [0.1, 0.15) is 0 Å². The summed E-state index contributed by atoms with van der Waals surface area (Å²) in [6.07, 6.45) is 11.7. The Morgan fingerprint density at radius 1 is 0.750 bits per heavy atom. The van der Waals surface area contributed by atoms with Gasteiger partial charge in [0.25, 0.3) is 0 Å². The van der Waals surface area contributed by atoms with Crippen LogP contribution in [0.4, 0.5) is 0 Å². The smallest absolute Gasteiger partial charge is 0.0246 e. The third kappa shape index (κ3) is 10.2. The average molecular weight is 185 g/mol. The molecule has 0 atom stereocenters. The molecule has 0 unspecified atom stereocenters. The van der Waals surface area contributed by atoms with Gasteiger partial charge in [0, 0.05) is 9.52 Å². The van der Waals surface area contributed by atoms with E-state index in [1.165, 1.54) is 57.4 Å². The molecule has 0 aromatic rings. The SMILES string of the molecule is CCCCCCCCCC[SiH]C. The Labute approximate surface area is 81.0 Å². The van der Waals surface area contributed by atoms with Gasteiger partial charge in [-0.1, -0.05) is 70.9 Å². The maximum Gasteiger partial charge on any atom is 0.0246 e. The number of hydrogen-bond donors (Lipinski definition) is 0. The first-order chi connectivity index (χ1) is 5.91. The highest BCUT2D eigenvalue weighted by molar-refractivity contribution is 6.33. The summed E-state index contributed by atoms with van der Waals surface area (Å²) in [6, 6.07) is 1.52. The second kappa shape index (κ2) is 11.2. The van der Waals surface area contributed by atoms with Gasteiger partial charge in [-0.15, -0.1) is 0 Å². The Kier molecular flexibility index (Phi) is 11.4. The van der Waals surface area contributed by atoms with Crippen molar-refractivity contribution in [1.29, 1.82) is 0 Å². The summed E-state index contributed by atoms with van der Waals surface area (Å²) in [5.74, 6) is 0. The molecule has 0 aliphatic rings. The van der Waals surface area contributed by atoms with Crippen molar-refractivity contribution in [2.75, 3.05) is 0 Å². The van der Waals surface area contributed by atoms with Gasteiger partial charge in [0.05, 0.1) is 0 Å². The summed E-state index contributed by atoms with van der Waals surface area (Å²) >= 11 is 0. The van der Waals surface area contributed by atoms with Crippen LogP contribution in [-0.2, 0) is 0 Å². The first kappa shape index (κ1) is 12.2. The van der Waals surface area contributed by atoms with Crippen molar-refractivity contribution in [2.24, 2.45) is 0 Å². The zero-order chi connectivity index (χ0) is 9.07. The molecule has 0 N–H and O–H groups in total. The van der Waals surface area contributed by atoms with Crippen LogP contribution in [0.1, 0.15) is 58.3 Å². The van der Waals surface area contributed by atoms with E-state index in [1.54, 1.807) is 0 Å². The summed E-state index contributed by atoms with van der Waals surface area (Å²) in [5, 5.41) is 0. The van der Waals surface area contributed by atoms with Gasteiger partial charge in [0.2, 0.25) is 0 Å². The fourth-order valence-electron chi connectivity index (χ4n) is 1.48. The highest BCUT2D eigenvalue weighted by Crippen LogP contribution is 2.09. The third-order valence-corrected chi connectivity index (χ3v) is 3.33. The largest absolute Gasteiger partial charge is 0.0741 e. The summed E-state index contributed by atoms with van der Waals surface area (Å²) in [5.41, 5.74) is 0. The van der Waals surface area contributed by atoms with E-state index >= 15 is 0 Å². The summed E-state index contributed by atoms with van der Waals surface area (Å²) < 4.78 is 0. The molecule has 0 aliphatic heterocycles. The Bertz CT molecular complexity index is 61.4. The molecule has 0 saturated heterocycles. The summed E-state index contributed by atoms with van der Waals surface area (Å²) in [4.78, 5) is 0. The van der Waals surface area contributed by atoms with Crippen LogP contribution in [0.15, 0.2) is 0 Å². The lowest BCUT2D eigenvalue weighted by Crippen LogP contribution is -1.83. The molecule has 0 aromatic carbocycles. The second-order valence-corrected chi connectivity index (χ2v) is 5.07. The van der Waals surface area contributed by atoms with Gasteiger partial charge in [-0.2, -0.15) is 0 Å². The van der Waals surface area contributed by atoms with Gasteiger partial charge in [-0.05, 0) is 0 Å². The first-order valence-corrected chi connectivity index (χ1v) is 7.66. The average Bonchev–Trinajstić information content (AvgIpc) is 2.10. The standard InChI is InChI=1S/C11H25Si/c1-3-4-5-6-7-8-9-10-11-12-2/h12H,3-11H2,1-2H3. The van der Waals surface area contributed by atoms with Crippen molar-refractivity contribution in [1.82, 2.24) is 0 Å². The molecule has 0 bridgehead atoms. The topological polar surface area (TPSA) is 0 Å². The van der Waals surface area contributed by atoms with Gasteiger partial charge >= 0.3 is 0 Å². The molecule has 0 heterocycles. The maximum atomic E-state index is 2.36. The van der Waals surface area contributed by atoms with Crippen LogP contribution >= 0.6 is 0 Å². The monoisotopic (exact) mass is 185 g/mol. The molecule has 0 rings (SSSR count). The fourth-order valence-corrected chi connectivity index (χ4v) is 2.18. The minimum atomic E-state index is 0.768. The van der Waals surface area contributed by atoms with Gasteiger partial charge in [-0.25, -0.2) is 0 Å². The number of unbranched alkanes of at least 4 members (excludes halogenated alkanes) is 7. The molecular formula is C11H25Si. The normalized spacial score (nSPS) is 10.5. The second-order valence-electron chi connectivity index (χ2n) is 3.67. The van der Waals surface area contributed by atoms with Crippen LogP contribution in [-0.4, -0.2) is 9.52 Å². The fraction of sp³-hybridized carbons (Fsp3) is 1.00. The Morgan fingerprint density at radius 2 is 1.25 bits per heavy atom. The molecule has 1 radical (unpaired) electrons. The lowest BCUT2D eigenvalue weighted by molar-refractivity contribution is 0.585. The minimum absolute atomic E-state index is 0.768. The van der Waals surface area contributed by atoms with E-state index in [2.05, 4.69) is 13.5 Å². The van der Waals surface area contributed by atoms with Crippen molar-refractivity contribution in [3.05, 3.63) is 0 Å². The molecule has 0 nitrogen and oxygen atoms in total. The molecular weight excluding hydrogens is 160 g/mol.